The van der Waals surface area contributed by atoms with Crippen molar-refractivity contribution in [1.29, 1.82) is 0 Å². The molecule has 2 unspecified atom stereocenters. The number of likely N-dealkylation sites (N-methyl/N-ethyl adjacent to an activating group) is 1. The molecule has 0 saturated carbocycles. The van der Waals surface area contributed by atoms with E-state index in [2.05, 4.69) is 10.0 Å². The number of rotatable bonds is 4. The maximum atomic E-state index is 13.4. The number of anilines is 1. The number of nitrogens with zero attached hydrogens (tertiary/aromatic N) is 1. The van der Waals surface area contributed by atoms with Crippen LogP contribution in [0.5, 0.6) is 0 Å². The van der Waals surface area contributed by atoms with Crippen LogP contribution in [0.15, 0.2) is 53.9 Å². The Morgan fingerprint density at radius 1 is 1.16 bits per heavy atom. The van der Waals surface area contributed by atoms with E-state index in [1.165, 1.54) is 42.6 Å². The number of benzene rings is 2. The van der Waals surface area contributed by atoms with Crippen molar-refractivity contribution in [1.82, 2.24) is 9.03 Å². The highest BCUT2D eigenvalue weighted by Gasteiger charge is 2.41. The SMILES string of the molecule is CN1C(C(=O)Nc2ccc(F)c(Cl)c2)CC(c2cc(-c3ccc(F)cc3)cs2)NS1(=O)=O. The Balaban J connectivity index is 1.56. The summed E-state index contributed by atoms with van der Waals surface area (Å²) in [5, 5.41) is 4.30. The van der Waals surface area contributed by atoms with Gasteiger partial charge in [-0.2, -0.15) is 17.4 Å². The standard InChI is InChI=1S/C21H18ClF2N3O3S2/c1-27-19(21(28)25-15-6-7-17(24)16(22)9-15)10-18(26-32(27,29)30)20-8-13(11-31-20)12-2-4-14(23)5-3-12/h2-9,11,18-19,26H,10H2,1H3,(H,25,28). The molecule has 32 heavy (non-hydrogen) atoms. The molecule has 4 rings (SSSR count). The number of carbonyl (C=O) groups excluding carboxylic acids is 1. The number of hydrogen-bond acceptors (Lipinski definition) is 4. The average Bonchev–Trinajstić information content (AvgIpc) is 3.23. The first-order valence-electron chi connectivity index (χ1n) is 9.49. The van der Waals surface area contributed by atoms with E-state index in [1.54, 1.807) is 12.1 Å². The first-order valence-corrected chi connectivity index (χ1v) is 12.2. The molecule has 1 aliphatic heterocycles. The zero-order valence-electron chi connectivity index (χ0n) is 16.7. The van der Waals surface area contributed by atoms with Gasteiger partial charge in [-0.25, -0.2) is 8.78 Å². The lowest BCUT2D eigenvalue weighted by atomic mass is 10.0. The summed E-state index contributed by atoms with van der Waals surface area (Å²) in [6.45, 7) is 0. The van der Waals surface area contributed by atoms with Gasteiger partial charge in [0.05, 0.1) is 11.1 Å². The fraction of sp³-hybridized carbons (Fsp3) is 0.190. The Bertz CT molecular complexity index is 1270. The first-order chi connectivity index (χ1) is 15.1. The van der Waals surface area contributed by atoms with Crippen molar-refractivity contribution in [2.24, 2.45) is 0 Å². The van der Waals surface area contributed by atoms with E-state index in [0.29, 0.717) is 0 Å². The van der Waals surface area contributed by atoms with Crippen LogP contribution in [0.1, 0.15) is 17.3 Å². The molecule has 1 aromatic heterocycles. The lowest BCUT2D eigenvalue weighted by Gasteiger charge is -2.35. The maximum absolute atomic E-state index is 13.4. The summed E-state index contributed by atoms with van der Waals surface area (Å²) in [5.41, 5.74) is 1.88. The third kappa shape index (κ3) is 4.69. The maximum Gasteiger partial charge on any atom is 0.280 e. The lowest BCUT2D eigenvalue weighted by Crippen LogP contribution is -2.55. The van der Waals surface area contributed by atoms with Gasteiger partial charge in [0.2, 0.25) is 5.91 Å². The zero-order valence-corrected chi connectivity index (χ0v) is 19.1. The first kappa shape index (κ1) is 22.8. The quantitative estimate of drug-likeness (QED) is 0.554. The van der Waals surface area contributed by atoms with Crippen LogP contribution in [0.2, 0.25) is 5.02 Å². The van der Waals surface area contributed by atoms with Crippen LogP contribution in [0, 0.1) is 11.6 Å². The molecule has 1 aliphatic rings. The van der Waals surface area contributed by atoms with Crippen LogP contribution in [0.4, 0.5) is 14.5 Å². The Morgan fingerprint density at radius 2 is 1.88 bits per heavy atom. The molecule has 2 aromatic carbocycles. The normalized spacial score (nSPS) is 20.8. The molecule has 3 aromatic rings. The van der Waals surface area contributed by atoms with Gasteiger partial charge >= 0.3 is 0 Å². The predicted octanol–water partition coefficient (Wildman–Crippen LogP) is 4.57. The molecule has 2 heterocycles. The molecule has 1 amide bonds. The molecule has 168 valence electrons. The lowest BCUT2D eigenvalue weighted by molar-refractivity contribution is -0.120. The van der Waals surface area contributed by atoms with E-state index in [1.807, 2.05) is 11.4 Å². The third-order valence-corrected chi connectivity index (χ3v) is 8.13. The van der Waals surface area contributed by atoms with Crippen molar-refractivity contribution in [3.63, 3.8) is 0 Å². The highest BCUT2D eigenvalue weighted by molar-refractivity contribution is 7.87. The number of carbonyl (C=O) groups is 1. The van der Waals surface area contributed by atoms with Crippen molar-refractivity contribution in [2.75, 3.05) is 12.4 Å². The minimum Gasteiger partial charge on any atom is -0.325 e. The van der Waals surface area contributed by atoms with Gasteiger partial charge in [-0.05, 0) is 59.3 Å². The molecule has 2 atom stereocenters. The molecule has 1 saturated heterocycles. The number of halogens is 3. The van der Waals surface area contributed by atoms with E-state index in [9.17, 15) is 22.0 Å². The van der Waals surface area contributed by atoms with Gasteiger partial charge in [0, 0.05) is 17.6 Å². The summed E-state index contributed by atoms with van der Waals surface area (Å²) < 4.78 is 55.5. The molecule has 0 spiro atoms. The minimum atomic E-state index is -3.93. The van der Waals surface area contributed by atoms with E-state index in [0.717, 1.165) is 26.4 Å². The smallest absolute Gasteiger partial charge is 0.280 e. The fourth-order valence-electron chi connectivity index (χ4n) is 3.43. The average molecular weight is 498 g/mol. The Kier molecular flexibility index (Phi) is 6.33. The van der Waals surface area contributed by atoms with Gasteiger partial charge in [-0.15, -0.1) is 11.3 Å². The topological polar surface area (TPSA) is 78.5 Å². The highest BCUT2D eigenvalue weighted by Crippen LogP contribution is 2.35. The van der Waals surface area contributed by atoms with E-state index < -0.39 is 34.0 Å². The van der Waals surface area contributed by atoms with Crippen LogP contribution in [-0.4, -0.2) is 31.7 Å². The van der Waals surface area contributed by atoms with Crippen molar-refractivity contribution < 1.29 is 22.0 Å². The van der Waals surface area contributed by atoms with Crippen molar-refractivity contribution in [3.05, 3.63) is 75.4 Å². The molecular weight excluding hydrogens is 480 g/mol. The molecule has 0 aliphatic carbocycles. The van der Waals surface area contributed by atoms with Crippen LogP contribution < -0.4 is 10.0 Å². The Morgan fingerprint density at radius 3 is 2.56 bits per heavy atom. The van der Waals surface area contributed by atoms with Gasteiger partial charge in [-0.1, -0.05) is 23.7 Å². The Hall–Kier alpha value is -2.37. The molecular formula is C21H18ClF2N3O3S2. The summed E-state index contributed by atoms with van der Waals surface area (Å²) >= 11 is 7.11. The van der Waals surface area contributed by atoms with Crippen LogP contribution in [0.25, 0.3) is 11.1 Å². The molecule has 11 heteroatoms. The second-order valence-electron chi connectivity index (χ2n) is 7.31. The Labute approximate surface area is 193 Å². The summed E-state index contributed by atoms with van der Waals surface area (Å²) in [4.78, 5) is 13.6. The number of hydrogen-bond donors (Lipinski definition) is 2. The number of thiophene rings is 1. The molecule has 1 fully saturated rings. The molecule has 0 radical (unpaired) electrons. The predicted molar refractivity (Wildman–Crippen MR) is 121 cm³/mol. The van der Waals surface area contributed by atoms with Gasteiger partial charge in [-0.3, -0.25) is 4.79 Å². The summed E-state index contributed by atoms with van der Waals surface area (Å²) in [6, 6.07) is 9.93. The summed E-state index contributed by atoms with van der Waals surface area (Å²) in [7, 11) is -2.61. The monoisotopic (exact) mass is 497 g/mol. The van der Waals surface area contributed by atoms with Crippen LogP contribution in [-0.2, 0) is 15.0 Å². The van der Waals surface area contributed by atoms with Crippen LogP contribution in [0.3, 0.4) is 0 Å². The second kappa shape index (κ2) is 8.87. The van der Waals surface area contributed by atoms with Gasteiger partial charge in [0.15, 0.2) is 0 Å². The van der Waals surface area contributed by atoms with Crippen LogP contribution >= 0.6 is 22.9 Å². The second-order valence-corrected chi connectivity index (χ2v) is 10.4. The van der Waals surface area contributed by atoms with E-state index in [4.69, 9.17) is 11.6 Å². The molecule has 2 N–H and O–H groups in total. The van der Waals surface area contributed by atoms with Gasteiger partial charge < -0.3 is 5.32 Å². The molecule has 6 nitrogen and oxygen atoms in total. The third-order valence-electron chi connectivity index (χ3n) is 5.20. The summed E-state index contributed by atoms with van der Waals surface area (Å²) in [6.07, 6.45) is 0.180. The van der Waals surface area contributed by atoms with Crippen molar-refractivity contribution >= 4 is 44.7 Å². The van der Waals surface area contributed by atoms with E-state index in [-0.39, 0.29) is 22.9 Å². The number of nitrogens with one attached hydrogen (secondary N) is 2. The largest absolute Gasteiger partial charge is 0.325 e. The van der Waals surface area contributed by atoms with Gasteiger partial charge in [0.1, 0.15) is 17.7 Å². The highest BCUT2D eigenvalue weighted by atomic mass is 35.5. The zero-order chi connectivity index (χ0) is 23.0. The minimum absolute atomic E-state index is 0.154. The van der Waals surface area contributed by atoms with E-state index >= 15 is 0 Å². The van der Waals surface area contributed by atoms with Crippen molar-refractivity contribution in [2.45, 2.75) is 18.5 Å². The summed E-state index contributed by atoms with van der Waals surface area (Å²) in [5.74, 6) is -1.52. The van der Waals surface area contributed by atoms with Gasteiger partial charge in [0.25, 0.3) is 10.2 Å². The fourth-order valence-corrected chi connectivity index (χ4v) is 5.93. The molecule has 0 bridgehead atoms. The number of amides is 1. The van der Waals surface area contributed by atoms with Crippen molar-refractivity contribution in [3.8, 4) is 11.1 Å².